The van der Waals surface area contributed by atoms with Crippen LogP contribution in [0.15, 0.2) is 0 Å². The molecule has 2 saturated heterocycles. The van der Waals surface area contributed by atoms with E-state index in [4.69, 9.17) is 0 Å². The number of nitrogens with zero attached hydrogens (tertiary/aromatic N) is 1. The van der Waals surface area contributed by atoms with Crippen molar-refractivity contribution in [2.45, 2.75) is 57.0 Å². The van der Waals surface area contributed by atoms with Crippen LogP contribution in [0.4, 0.5) is 0 Å². The summed E-state index contributed by atoms with van der Waals surface area (Å²) >= 11 is 0. The number of fused-ring (bicyclic) bond motifs is 1. The highest BCUT2D eigenvalue weighted by Gasteiger charge is 2.37. The second-order valence-corrected chi connectivity index (χ2v) is 6.54. The zero-order chi connectivity index (χ0) is 12.4. The van der Waals surface area contributed by atoms with Gasteiger partial charge in [0, 0.05) is 25.2 Å². The Morgan fingerprint density at radius 2 is 1.78 bits per heavy atom. The van der Waals surface area contributed by atoms with E-state index >= 15 is 0 Å². The molecular weight excluding hydrogens is 224 g/mol. The molecule has 2 aliphatic heterocycles. The fraction of sp³-hybridized carbons (Fsp3) is 1.00. The van der Waals surface area contributed by atoms with Crippen molar-refractivity contribution in [2.24, 2.45) is 11.8 Å². The summed E-state index contributed by atoms with van der Waals surface area (Å²) in [7, 11) is 0. The van der Waals surface area contributed by atoms with Crippen molar-refractivity contribution >= 4 is 0 Å². The van der Waals surface area contributed by atoms with E-state index in [1.54, 1.807) is 0 Å². The van der Waals surface area contributed by atoms with Gasteiger partial charge in [-0.3, -0.25) is 4.90 Å². The molecule has 3 heteroatoms. The Bertz CT molecular complexity index is 267. The van der Waals surface area contributed by atoms with E-state index < -0.39 is 0 Å². The summed E-state index contributed by atoms with van der Waals surface area (Å²) in [5.74, 6) is 1.28. The van der Waals surface area contributed by atoms with Gasteiger partial charge in [0.25, 0.3) is 0 Å². The minimum Gasteiger partial charge on any atom is -0.396 e. The first-order valence-corrected chi connectivity index (χ1v) is 7.97. The third-order valence-electron chi connectivity index (χ3n) is 5.55. The fourth-order valence-corrected chi connectivity index (χ4v) is 4.42. The van der Waals surface area contributed by atoms with Crippen LogP contribution in [0.25, 0.3) is 0 Å². The zero-order valence-electron chi connectivity index (χ0n) is 11.5. The summed E-state index contributed by atoms with van der Waals surface area (Å²) in [4.78, 5) is 2.67. The van der Waals surface area contributed by atoms with Gasteiger partial charge in [0.15, 0.2) is 0 Å². The van der Waals surface area contributed by atoms with Crippen LogP contribution >= 0.6 is 0 Å². The predicted octanol–water partition coefficient (Wildman–Crippen LogP) is 1.61. The molecule has 3 rings (SSSR count). The Hall–Kier alpha value is -0.120. The quantitative estimate of drug-likeness (QED) is 0.798. The van der Waals surface area contributed by atoms with Gasteiger partial charge in [-0.15, -0.1) is 0 Å². The van der Waals surface area contributed by atoms with Crippen LogP contribution in [0.1, 0.15) is 44.9 Å². The van der Waals surface area contributed by atoms with Crippen molar-refractivity contribution in [1.29, 1.82) is 0 Å². The number of hydrogen-bond acceptors (Lipinski definition) is 3. The van der Waals surface area contributed by atoms with E-state index in [0.29, 0.717) is 12.5 Å². The molecule has 1 saturated carbocycles. The maximum atomic E-state index is 9.47. The third-order valence-corrected chi connectivity index (χ3v) is 5.55. The Kier molecular flexibility index (Phi) is 4.22. The predicted molar refractivity (Wildman–Crippen MR) is 73.5 cm³/mol. The van der Waals surface area contributed by atoms with Crippen LogP contribution in [0, 0.1) is 11.8 Å². The Labute approximate surface area is 111 Å². The molecule has 0 aromatic heterocycles. The van der Waals surface area contributed by atoms with Crippen molar-refractivity contribution in [3.05, 3.63) is 0 Å². The minimum atomic E-state index is 0.395. The molecule has 3 nitrogen and oxygen atoms in total. The topological polar surface area (TPSA) is 35.5 Å². The maximum absolute atomic E-state index is 9.47. The van der Waals surface area contributed by atoms with E-state index in [1.807, 2.05) is 0 Å². The lowest BCUT2D eigenvalue weighted by Gasteiger charge is -2.32. The number of nitrogens with one attached hydrogen (secondary N) is 1. The monoisotopic (exact) mass is 252 g/mol. The van der Waals surface area contributed by atoms with Crippen molar-refractivity contribution in [3.63, 3.8) is 0 Å². The summed E-state index contributed by atoms with van der Waals surface area (Å²) in [6, 6.07) is 1.55. The molecule has 0 bridgehead atoms. The van der Waals surface area contributed by atoms with Gasteiger partial charge < -0.3 is 10.4 Å². The molecule has 0 aromatic carbocycles. The standard InChI is InChI=1S/C15H28N2O/c18-11-13-5-2-1-4-12(13)10-16-14-7-9-17-8-3-6-15(14)17/h12-16,18H,1-11H2. The summed E-state index contributed by atoms with van der Waals surface area (Å²) in [6.07, 6.45) is 9.37. The second kappa shape index (κ2) is 5.89. The fourth-order valence-electron chi connectivity index (χ4n) is 4.42. The zero-order valence-corrected chi connectivity index (χ0v) is 11.5. The van der Waals surface area contributed by atoms with Gasteiger partial charge in [0.1, 0.15) is 0 Å². The first-order chi connectivity index (χ1) is 8.88. The first kappa shape index (κ1) is 12.9. The molecule has 0 spiro atoms. The molecule has 18 heavy (non-hydrogen) atoms. The summed E-state index contributed by atoms with van der Waals surface area (Å²) in [6.45, 7) is 4.16. The molecule has 104 valence electrons. The van der Waals surface area contributed by atoms with Gasteiger partial charge in [-0.25, -0.2) is 0 Å². The molecule has 0 radical (unpaired) electrons. The highest BCUT2D eigenvalue weighted by molar-refractivity contribution is 4.96. The molecular formula is C15H28N2O. The van der Waals surface area contributed by atoms with Crippen LogP contribution in [-0.4, -0.2) is 48.3 Å². The van der Waals surface area contributed by atoms with Crippen LogP contribution in [0.2, 0.25) is 0 Å². The van der Waals surface area contributed by atoms with Crippen molar-refractivity contribution in [1.82, 2.24) is 10.2 Å². The van der Waals surface area contributed by atoms with Gasteiger partial charge in [0.05, 0.1) is 0 Å². The van der Waals surface area contributed by atoms with E-state index in [1.165, 1.54) is 58.0 Å². The number of hydrogen-bond donors (Lipinski definition) is 2. The van der Waals surface area contributed by atoms with Gasteiger partial charge >= 0.3 is 0 Å². The normalized spacial score (nSPS) is 41.2. The van der Waals surface area contributed by atoms with Crippen LogP contribution in [0.5, 0.6) is 0 Å². The second-order valence-electron chi connectivity index (χ2n) is 6.54. The van der Waals surface area contributed by atoms with E-state index in [-0.39, 0.29) is 0 Å². The van der Waals surface area contributed by atoms with Gasteiger partial charge in [-0.1, -0.05) is 12.8 Å². The molecule has 2 N–H and O–H groups in total. The van der Waals surface area contributed by atoms with E-state index in [2.05, 4.69) is 10.2 Å². The smallest absolute Gasteiger partial charge is 0.0462 e. The molecule has 0 aromatic rings. The van der Waals surface area contributed by atoms with Gasteiger partial charge in [-0.05, 0) is 57.0 Å². The number of aliphatic hydroxyl groups is 1. The number of aliphatic hydroxyl groups excluding tert-OH is 1. The molecule has 3 fully saturated rings. The van der Waals surface area contributed by atoms with Crippen molar-refractivity contribution in [3.8, 4) is 0 Å². The van der Waals surface area contributed by atoms with Gasteiger partial charge in [0.2, 0.25) is 0 Å². The lowest BCUT2D eigenvalue weighted by Crippen LogP contribution is -2.43. The Morgan fingerprint density at radius 3 is 2.61 bits per heavy atom. The van der Waals surface area contributed by atoms with Crippen LogP contribution in [0.3, 0.4) is 0 Å². The molecule has 4 atom stereocenters. The summed E-state index contributed by atoms with van der Waals surface area (Å²) in [5.41, 5.74) is 0. The Balaban J connectivity index is 1.48. The molecule has 3 aliphatic rings. The van der Waals surface area contributed by atoms with Crippen LogP contribution in [-0.2, 0) is 0 Å². The average Bonchev–Trinajstić information content (AvgIpc) is 3.00. The highest BCUT2D eigenvalue weighted by atomic mass is 16.3. The van der Waals surface area contributed by atoms with Crippen molar-refractivity contribution < 1.29 is 5.11 Å². The lowest BCUT2D eigenvalue weighted by molar-refractivity contribution is 0.129. The lowest BCUT2D eigenvalue weighted by atomic mass is 9.79. The molecule has 1 aliphatic carbocycles. The molecule has 2 heterocycles. The molecule has 0 amide bonds. The molecule has 4 unspecified atom stereocenters. The summed E-state index contributed by atoms with van der Waals surface area (Å²) in [5, 5.41) is 13.3. The Morgan fingerprint density at radius 1 is 0.944 bits per heavy atom. The minimum absolute atomic E-state index is 0.395. The SMILES string of the molecule is OCC1CCCCC1CNC1CCN2CCCC12. The van der Waals surface area contributed by atoms with Gasteiger partial charge in [-0.2, -0.15) is 0 Å². The van der Waals surface area contributed by atoms with Crippen molar-refractivity contribution in [2.75, 3.05) is 26.2 Å². The van der Waals surface area contributed by atoms with E-state index in [0.717, 1.165) is 24.5 Å². The largest absolute Gasteiger partial charge is 0.396 e. The summed E-state index contributed by atoms with van der Waals surface area (Å²) < 4.78 is 0. The maximum Gasteiger partial charge on any atom is 0.0462 e. The van der Waals surface area contributed by atoms with E-state index in [9.17, 15) is 5.11 Å². The van der Waals surface area contributed by atoms with Crippen LogP contribution < -0.4 is 5.32 Å². The highest BCUT2D eigenvalue weighted by Crippen LogP contribution is 2.31. The average molecular weight is 252 g/mol. The number of rotatable bonds is 4. The third kappa shape index (κ3) is 2.59. The first-order valence-electron chi connectivity index (χ1n) is 7.97.